The Balaban J connectivity index is 1.06. The van der Waals surface area contributed by atoms with Crippen molar-refractivity contribution < 1.29 is 62.8 Å². The average Bonchev–Trinajstić information content (AvgIpc) is 3.91. The number of carboxylic acid groups (broad SMARTS) is 2. The average molecular weight is 905 g/mol. The molecule has 4 heterocycles. The van der Waals surface area contributed by atoms with Crippen LogP contribution in [0.4, 0.5) is 9.93 Å². The minimum Gasteiger partial charge on any atom is -0.480 e. The van der Waals surface area contributed by atoms with Crippen molar-refractivity contribution in [2.45, 2.75) is 61.4 Å². The minimum atomic E-state index is -1.63. The third-order valence-electron chi connectivity index (χ3n) is 8.61. The summed E-state index contributed by atoms with van der Waals surface area (Å²) in [5.41, 5.74) is -0.519. The lowest BCUT2D eigenvalue weighted by Gasteiger charge is -2.31. The number of aliphatic carboxylic acids is 2. The van der Waals surface area contributed by atoms with Crippen molar-refractivity contribution in [1.29, 1.82) is 0 Å². The van der Waals surface area contributed by atoms with E-state index in [-0.39, 0.29) is 75.8 Å². The fourth-order valence-corrected chi connectivity index (χ4v) is 9.92. The van der Waals surface area contributed by atoms with Gasteiger partial charge >= 0.3 is 23.9 Å². The molecule has 21 nitrogen and oxygen atoms in total. The number of anilines is 1. The number of rotatable bonds is 26. The van der Waals surface area contributed by atoms with Gasteiger partial charge in [0.15, 0.2) is 16.9 Å². The van der Waals surface area contributed by atoms with Crippen LogP contribution in [0.25, 0.3) is 0 Å². The normalized spacial score (nSPS) is 20.4. The van der Waals surface area contributed by atoms with Crippen LogP contribution in [0.1, 0.15) is 38.3 Å². The summed E-state index contributed by atoms with van der Waals surface area (Å²) < 4.78 is 15.9. The number of amides is 5. The van der Waals surface area contributed by atoms with E-state index in [0.29, 0.717) is 50.4 Å². The topological polar surface area (TPSA) is 294 Å². The zero-order valence-electron chi connectivity index (χ0n) is 32.3. The first kappa shape index (κ1) is 47.4. The molecule has 2 fully saturated rings. The van der Waals surface area contributed by atoms with Gasteiger partial charge in [-0.1, -0.05) is 11.6 Å². The van der Waals surface area contributed by atoms with Crippen molar-refractivity contribution in [3.8, 4) is 0 Å². The van der Waals surface area contributed by atoms with Crippen LogP contribution in [0.15, 0.2) is 21.8 Å². The maximum Gasteiger partial charge on any atom is 0.352 e. The number of hydrogen-bond donors (Lipinski definition) is 8. The van der Waals surface area contributed by atoms with E-state index in [4.69, 9.17) is 19.0 Å². The maximum atomic E-state index is 13.2. The second-order valence-corrected chi connectivity index (χ2v) is 17.3. The van der Waals surface area contributed by atoms with Crippen molar-refractivity contribution in [3.63, 3.8) is 0 Å². The van der Waals surface area contributed by atoms with E-state index in [1.54, 1.807) is 0 Å². The van der Waals surface area contributed by atoms with Crippen LogP contribution < -0.4 is 31.9 Å². The molecule has 0 aromatic carbocycles. The van der Waals surface area contributed by atoms with Gasteiger partial charge in [-0.15, -0.1) is 34.9 Å². The summed E-state index contributed by atoms with van der Waals surface area (Å²) in [6.45, 7) is 2.70. The Morgan fingerprint density at radius 2 is 1.81 bits per heavy atom. The van der Waals surface area contributed by atoms with Crippen molar-refractivity contribution in [2.75, 3.05) is 75.0 Å². The number of unbranched alkanes of at least 4 members (excludes halogenated alkanes) is 1. The lowest BCUT2D eigenvalue weighted by molar-refractivity contribution is -0.141. The molecule has 0 spiro atoms. The largest absolute Gasteiger partial charge is 0.480 e. The Morgan fingerprint density at radius 3 is 2.54 bits per heavy atom. The predicted octanol–water partition coefficient (Wildman–Crippen LogP) is 0.174. The van der Waals surface area contributed by atoms with Gasteiger partial charge < -0.3 is 61.2 Å². The molecule has 4 rings (SSSR count). The second-order valence-electron chi connectivity index (χ2n) is 12.9. The number of carboxylic acids is 2. The van der Waals surface area contributed by atoms with E-state index >= 15 is 0 Å². The lowest BCUT2D eigenvalue weighted by atomic mass is 10.0. The van der Waals surface area contributed by atoms with Crippen LogP contribution in [0.2, 0.25) is 0 Å². The molecule has 0 aliphatic carbocycles. The van der Waals surface area contributed by atoms with E-state index in [0.717, 1.165) is 48.1 Å². The first-order valence-electron chi connectivity index (χ1n) is 18.4. The van der Waals surface area contributed by atoms with Crippen molar-refractivity contribution in [3.05, 3.63) is 22.3 Å². The number of carbonyl (C=O) groups excluding carboxylic acids is 5. The molecule has 326 valence electrons. The Bertz CT molecular complexity index is 1730. The van der Waals surface area contributed by atoms with Crippen molar-refractivity contribution in [1.82, 2.24) is 31.6 Å². The first-order chi connectivity index (χ1) is 28.4. The molecule has 0 bridgehead atoms. The van der Waals surface area contributed by atoms with Crippen LogP contribution in [-0.2, 0) is 47.8 Å². The Morgan fingerprint density at radius 1 is 1.03 bits per heavy atom. The monoisotopic (exact) mass is 904 g/mol. The van der Waals surface area contributed by atoms with E-state index in [1.165, 1.54) is 31.2 Å². The lowest BCUT2D eigenvalue weighted by Crippen LogP contribution is -2.56. The van der Waals surface area contributed by atoms with E-state index in [2.05, 4.69) is 42.0 Å². The second kappa shape index (κ2) is 24.7. The van der Waals surface area contributed by atoms with Crippen LogP contribution in [-0.4, -0.2) is 161 Å². The molecule has 8 N–H and O–H groups in total. The molecule has 1 aromatic rings. The summed E-state index contributed by atoms with van der Waals surface area (Å²) >= 11 is 5.18. The van der Waals surface area contributed by atoms with Gasteiger partial charge in [-0.05, 0) is 12.8 Å². The molecule has 5 amide bonds. The number of aromatic nitrogens is 1. The number of thioether (sulfide) groups is 3. The molecule has 59 heavy (non-hydrogen) atoms. The number of thiazole rings is 1. The smallest absolute Gasteiger partial charge is 0.352 e. The molecule has 0 radical (unpaired) electrons. The molecule has 25 heteroatoms. The minimum absolute atomic E-state index is 0.0104. The Labute approximate surface area is 356 Å². The highest BCUT2D eigenvalue weighted by atomic mass is 32.2. The van der Waals surface area contributed by atoms with Gasteiger partial charge in [-0.2, -0.15) is 11.8 Å². The third kappa shape index (κ3) is 15.7. The molecule has 3 aliphatic rings. The standard InChI is InChI=1S/C34H48N8O13S4/c1-18(43)55-13-19-14-58-30(40-25(19)31(47)48)28(32(49)50)39-29(46)27(42-52-2)21-16-59-34(37-21)38-24(45)17-56-12-11-54-10-9-53-8-7-35-23(44)6-4-3-5-22-26-20(15-57-22)36-33(51)41-26/h16,20,22,26,28,30,40H,3-15,17H2,1-2H3,(H,35,44)(H,39,46)(H,47,48)(H,49,50)(H2,36,41,51)(H,37,38,45)/b42-27-. The van der Waals surface area contributed by atoms with Gasteiger partial charge in [0.2, 0.25) is 11.8 Å². The van der Waals surface area contributed by atoms with Crippen molar-refractivity contribution in [2.24, 2.45) is 5.16 Å². The molecule has 5 unspecified atom stereocenters. The van der Waals surface area contributed by atoms with Crippen LogP contribution in [0, 0.1) is 0 Å². The highest BCUT2D eigenvalue weighted by molar-refractivity contribution is 8.00. The zero-order chi connectivity index (χ0) is 42.7. The van der Waals surface area contributed by atoms with E-state index in [1.807, 2.05) is 11.8 Å². The molecular weight excluding hydrogens is 857 g/mol. The van der Waals surface area contributed by atoms with E-state index < -0.39 is 35.2 Å². The molecule has 1 aromatic heterocycles. The number of ether oxygens (including phenoxy) is 3. The van der Waals surface area contributed by atoms with Gasteiger partial charge in [0, 0.05) is 53.4 Å². The molecule has 0 saturated carbocycles. The van der Waals surface area contributed by atoms with Crippen LogP contribution >= 0.6 is 46.6 Å². The number of nitrogens with zero attached hydrogens (tertiary/aromatic N) is 2. The molecule has 5 atom stereocenters. The number of oxime groups is 1. The predicted molar refractivity (Wildman–Crippen MR) is 220 cm³/mol. The molecule has 2 saturated heterocycles. The summed E-state index contributed by atoms with van der Waals surface area (Å²) in [5.74, 6) is -3.30. The summed E-state index contributed by atoms with van der Waals surface area (Å²) in [6.07, 6.45) is 3.12. The van der Waals surface area contributed by atoms with Gasteiger partial charge in [-0.25, -0.2) is 19.4 Å². The van der Waals surface area contributed by atoms with Crippen LogP contribution in [0.5, 0.6) is 0 Å². The fourth-order valence-electron chi connectivity index (χ4n) is 5.84. The van der Waals surface area contributed by atoms with Gasteiger partial charge in [0.25, 0.3) is 5.91 Å². The number of fused-ring (bicyclic) bond motifs is 1. The van der Waals surface area contributed by atoms with Gasteiger partial charge in [0.05, 0.1) is 44.3 Å². The SMILES string of the molecule is CO/N=C(\C(=O)NC(C(=O)O)C1NC(C(=O)O)=C(COC(C)=O)CS1)c1csc(NC(=O)CSCCOCCOCCNC(=O)CCCCC2SCC3NC(=O)NC32)n1. The first-order valence-corrected chi connectivity index (χ1v) is 22.5. The number of hydrogen-bond acceptors (Lipinski definition) is 18. The highest BCUT2D eigenvalue weighted by Crippen LogP contribution is 2.33. The Kier molecular flexibility index (Phi) is 19.8. The summed E-state index contributed by atoms with van der Waals surface area (Å²) in [4.78, 5) is 93.6. The van der Waals surface area contributed by atoms with Gasteiger partial charge in [-0.3, -0.25) is 19.2 Å². The van der Waals surface area contributed by atoms with Crippen LogP contribution in [0.3, 0.4) is 0 Å². The fraction of sp³-hybridized carbons (Fsp3) is 0.618. The van der Waals surface area contributed by atoms with Gasteiger partial charge in [0.1, 0.15) is 30.5 Å². The highest BCUT2D eigenvalue weighted by Gasteiger charge is 2.42. The third-order valence-corrected chi connectivity index (χ3v) is 13.1. The summed E-state index contributed by atoms with van der Waals surface area (Å²) in [5, 5.41) is 40.4. The zero-order valence-corrected chi connectivity index (χ0v) is 35.5. The Hall–Kier alpha value is -4.30. The molecular formula is C34H48N8O13S4. The number of nitrogens with one attached hydrogen (secondary N) is 6. The summed E-state index contributed by atoms with van der Waals surface area (Å²) in [7, 11) is 1.17. The van der Waals surface area contributed by atoms with E-state index in [9.17, 15) is 43.8 Å². The van der Waals surface area contributed by atoms with Crippen molar-refractivity contribution >= 4 is 99.1 Å². The maximum absolute atomic E-state index is 13.2. The number of carbonyl (C=O) groups is 7. The summed E-state index contributed by atoms with van der Waals surface area (Å²) in [6, 6.07) is -1.35. The number of urea groups is 1. The quantitative estimate of drug-likeness (QED) is 0.0202. The molecule has 3 aliphatic heterocycles. The number of esters is 1.